The van der Waals surface area contributed by atoms with E-state index < -0.39 is 0 Å². The molecule has 0 radical (unpaired) electrons. The lowest BCUT2D eigenvalue weighted by Crippen LogP contribution is -2.40. The van der Waals surface area contributed by atoms with Crippen LogP contribution in [0.4, 0.5) is 0 Å². The molecular formula is C15H22Cl2N2S. The van der Waals surface area contributed by atoms with Crippen molar-refractivity contribution in [2.24, 2.45) is 5.92 Å². The Labute approximate surface area is 136 Å². The topological polar surface area (TPSA) is 15.3 Å². The zero-order valence-electron chi connectivity index (χ0n) is 11.9. The van der Waals surface area contributed by atoms with Crippen LogP contribution in [0.25, 0.3) is 0 Å². The third-order valence-corrected chi connectivity index (χ3v) is 5.37. The molecule has 0 aromatic heterocycles. The molecular weight excluding hydrogens is 311 g/mol. The summed E-state index contributed by atoms with van der Waals surface area (Å²) >= 11 is 14.0. The summed E-state index contributed by atoms with van der Waals surface area (Å²) in [6.07, 6.45) is 2.67. The number of piperidine rings is 1. The summed E-state index contributed by atoms with van der Waals surface area (Å²) in [7, 11) is 2.04. The predicted octanol–water partition coefficient (Wildman–Crippen LogP) is 4.02. The lowest BCUT2D eigenvalue weighted by molar-refractivity contribution is 0.183. The minimum absolute atomic E-state index is 0.754. The molecule has 2 nitrogen and oxygen atoms in total. The average Bonchev–Trinajstić information content (AvgIpc) is 2.43. The zero-order chi connectivity index (χ0) is 14.4. The van der Waals surface area contributed by atoms with Crippen LogP contribution in [-0.4, -0.2) is 43.9 Å². The molecule has 0 aliphatic carbocycles. The van der Waals surface area contributed by atoms with Gasteiger partial charge in [0, 0.05) is 28.8 Å². The summed E-state index contributed by atoms with van der Waals surface area (Å²) in [4.78, 5) is 3.65. The lowest BCUT2D eigenvalue weighted by Gasteiger charge is -2.32. The Balaban J connectivity index is 1.76. The van der Waals surface area contributed by atoms with Crippen molar-refractivity contribution in [2.75, 3.05) is 39.0 Å². The number of benzene rings is 1. The molecule has 5 heteroatoms. The number of likely N-dealkylation sites (tertiary alicyclic amines) is 1. The Morgan fingerprint density at radius 1 is 1.40 bits per heavy atom. The van der Waals surface area contributed by atoms with Crippen LogP contribution in [0, 0.1) is 5.92 Å². The van der Waals surface area contributed by atoms with Gasteiger partial charge in [-0.3, -0.25) is 0 Å². The molecule has 1 heterocycles. The minimum Gasteiger partial charge on any atom is -0.319 e. The molecule has 1 N–H and O–H groups in total. The van der Waals surface area contributed by atoms with E-state index in [1.165, 1.54) is 25.9 Å². The highest BCUT2D eigenvalue weighted by Gasteiger charge is 2.18. The fourth-order valence-corrected chi connectivity index (χ4v) is 4.19. The van der Waals surface area contributed by atoms with E-state index in [0.29, 0.717) is 0 Å². The molecule has 1 atom stereocenters. The number of hydrogen-bond acceptors (Lipinski definition) is 3. The first kappa shape index (κ1) is 16.4. The van der Waals surface area contributed by atoms with Crippen LogP contribution < -0.4 is 5.32 Å². The first-order valence-electron chi connectivity index (χ1n) is 7.14. The van der Waals surface area contributed by atoms with Crippen molar-refractivity contribution in [3.05, 3.63) is 28.2 Å². The van der Waals surface area contributed by atoms with Crippen molar-refractivity contribution in [2.45, 2.75) is 17.7 Å². The highest BCUT2D eigenvalue weighted by Crippen LogP contribution is 2.30. The van der Waals surface area contributed by atoms with Gasteiger partial charge in [-0.1, -0.05) is 23.2 Å². The molecule has 0 spiro atoms. The molecule has 1 aliphatic rings. The summed E-state index contributed by atoms with van der Waals surface area (Å²) < 4.78 is 0. The number of hydrogen-bond donors (Lipinski definition) is 1. The number of rotatable bonds is 6. The SMILES string of the molecule is CNCC1CCCN(CCSc2cc(Cl)ccc2Cl)C1. The minimum atomic E-state index is 0.754. The summed E-state index contributed by atoms with van der Waals surface area (Å²) in [6, 6.07) is 5.66. The van der Waals surface area contributed by atoms with Crippen LogP contribution in [0.15, 0.2) is 23.1 Å². The quantitative estimate of drug-likeness (QED) is 0.792. The second-order valence-corrected chi connectivity index (χ2v) is 7.27. The third kappa shape index (κ3) is 5.12. The predicted molar refractivity (Wildman–Crippen MR) is 90.3 cm³/mol. The van der Waals surface area contributed by atoms with E-state index in [1.54, 1.807) is 11.8 Å². The summed E-state index contributed by atoms with van der Waals surface area (Å²) in [5, 5.41) is 4.84. The average molecular weight is 333 g/mol. The van der Waals surface area contributed by atoms with Gasteiger partial charge in [0.25, 0.3) is 0 Å². The second kappa shape index (κ2) is 8.50. The van der Waals surface area contributed by atoms with Crippen LogP contribution in [0.1, 0.15) is 12.8 Å². The van der Waals surface area contributed by atoms with Gasteiger partial charge in [-0.25, -0.2) is 0 Å². The van der Waals surface area contributed by atoms with Gasteiger partial charge in [0.1, 0.15) is 0 Å². The van der Waals surface area contributed by atoms with Crippen LogP contribution >= 0.6 is 35.0 Å². The Hall–Kier alpha value is 0.0700. The van der Waals surface area contributed by atoms with E-state index in [4.69, 9.17) is 23.2 Å². The van der Waals surface area contributed by atoms with E-state index in [9.17, 15) is 0 Å². The Bertz CT molecular complexity index is 426. The van der Waals surface area contributed by atoms with Gasteiger partial charge in [0.2, 0.25) is 0 Å². The molecule has 0 saturated carbocycles. The second-order valence-electron chi connectivity index (χ2n) is 5.29. The van der Waals surface area contributed by atoms with Gasteiger partial charge in [0.15, 0.2) is 0 Å². The normalized spacial score (nSPS) is 20.2. The van der Waals surface area contributed by atoms with Crippen molar-refractivity contribution < 1.29 is 0 Å². The maximum absolute atomic E-state index is 6.18. The molecule has 1 aromatic carbocycles. The van der Waals surface area contributed by atoms with Gasteiger partial charge in [0.05, 0.1) is 5.02 Å². The summed E-state index contributed by atoms with van der Waals surface area (Å²) in [6.45, 7) is 4.69. The number of nitrogens with one attached hydrogen (secondary N) is 1. The number of halogens is 2. The standard InChI is InChI=1S/C15H22Cl2N2S/c1-18-10-12-3-2-6-19(11-12)7-8-20-15-9-13(16)4-5-14(15)17/h4-5,9,12,18H,2-3,6-8,10-11H2,1H3. The fraction of sp³-hybridized carbons (Fsp3) is 0.600. The van der Waals surface area contributed by atoms with Crippen molar-refractivity contribution in [1.82, 2.24) is 10.2 Å². The van der Waals surface area contributed by atoms with Crippen LogP contribution in [0.3, 0.4) is 0 Å². The van der Waals surface area contributed by atoms with Gasteiger partial charge < -0.3 is 10.2 Å². The van der Waals surface area contributed by atoms with Crippen molar-refractivity contribution >= 4 is 35.0 Å². The number of thioether (sulfide) groups is 1. The summed E-state index contributed by atoms with van der Waals surface area (Å²) in [5.74, 6) is 1.86. The molecule has 20 heavy (non-hydrogen) atoms. The molecule has 0 bridgehead atoms. The third-order valence-electron chi connectivity index (χ3n) is 3.65. The van der Waals surface area contributed by atoms with Gasteiger partial charge in [-0.2, -0.15) is 0 Å². The Kier molecular flexibility index (Phi) is 6.99. The van der Waals surface area contributed by atoms with Gasteiger partial charge >= 0.3 is 0 Å². The molecule has 2 rings (SSSR count). The van der Waals surface area contributed by atoms with Crippen molar-refractivity contribution in [3.8, 4) is 0 Å². The lowest BCUT2D eigenvalue weighted by atomic mass is 9.98. The van der Waals surface area contributed by atoms with E-state index in [1.807, 2.05) is 25.2 Å². The van der Waals surface area contributed by atoms with Gasteiger partial charge in [-0.15, -0.1) is 11.8 Å². The molecule has 1 saturated heterocycles. The fourth-order valence-electron chi connectivity index (χ4n) is 2.68. The maximum atomic E-state index is 6.18. The first-order valence-corrected chi connectivity index (χ1v) is 8.88. The van der Waals surface area contributed by atoms with E-state index in [0.717, 1.165) is 39.7 Å². The maximum Gasteiger partial charge on any atom is 0.0542 e. The van der Waals surface area contributed by atoms with E-state index in [-0.39, 0.29) is 0 Å². The summed E-state index contributed by atoms with van der Waals surface area (Å²) in [5.41, 5.74) is 0. The molecule has 1 unspecified atom stereocenters. The van der Waals surface area contributed by atoms with Crippen LogP contribution in [-0.2, 0) is 0 Å². The monoisotopic (exact) mass is 332 g/mol. The molecule has 112 valence electrons. The highest BCUT2D eigenvalue weighted by molar-refractivity contribution is 7.99. The first-order chi connectivity index (χ1) is 9.69. The van der Waals surface area contributed by atoms with E-state index >= 15 is 0 Å². The van der Waals surface area contributed by atoms with E-state index in [2.05, 4.69) is 10.2 Å². The molecule has 1 fully saturated rings. The Morgan fingerprint density at radius 2 is 2.25 bits per heavy atom. The molecule has 1 aliphatic heterocycles. The van der Waals surface area contributed by atoms with Crippen LogP contribution in [0.2, 0.25) is 10.0 Å². The van der Waals surface area contributed by atoms with Crippen molar-refractivity contribution in [1.29, 1.82) is 0 Å². The Morgan fingerprint density at radius 3 is 3.05 bits per heavy atom. The number of nitrogens with zero attached hydrogens (tertiary/aromatic N) is 1. The smallest absolute Gasteiger partial charge is 0.0542 e. The molecule has 1 aromatic rings. The van der Waals surface area contributed by atoms with Gasteiger partial charge in [-0.05, 0) is 57.1 Å². The highest BCUT2D eigenvalue weighted by atomic mass is 35.5. The molecule has 0 amide bonds. The van der Waals surface area contributed by atoms with Crippen molar-refractivity contribution in [3.63, 3.8) is 0 Å². The largest absolute Gasteiger partial charge is 0.319 e. The zero-order valence-corrected chi connectivity index (χ0v) is 14.2. The van der Waals surface area contributed by atoms with Crippen LogP contribution in [0.5, 0.6) is 0 Å².